The van der Waals surface area contributed by atoms with Crippen LogP contribution in [0.2, 0.25) is 5.02 Å². The second-order valence-corrected chi connectivity index (χ2v) is 6.90. The van der Waals surface area contributed by atoms with Crippen molar-refractivity contribution in [2.24, 2.45) is 4.99 Å². The highest BCUT2D eigenvalue weighted by Crippen LogP contribution is 2.22. The van der Waals surface area contributed by atoms with Crippen LogP contribution in [-0.2, 0) is 11.2 Å². The fourth-order valence-corrected chi connectivity index (χ4v) is 3.40. The van der Waals surface area contributed by atoms with Crippen LogP contribution in [0.15, 0.2) is 29.4 Å². The Labute approximate surface area is 159 Å². The lowest BCUT2D eigenvalue weighted by molar-refractivity contribution is -0.128. The SMILES string of the molecule is CCNC(=NCC(=O)N1CCCC1)NCCc1c[nH]c2ccc(Cl)cc12. The molecule has 0 spiro atoms. The van der Waals surface area contributed by atoms with E-state index in [9.17, 15) is 4.79 Å². The predicted molar refractivity (Wildman–Crippen MR) is 107 cm³/mol. The molecule has 140 valence electrons. The molecule has 0 aliphatic carbocycles. The molecule has 6 nitrogen and oxygen atoms in total. The van der Waals surface area contributed by atoms with E-state index in [2.05, 4.69) is 20.6 Å². The van der Waals surface area contributed by atoms with Gasteiger partial charge in [0.25, 0.3) is 0 Å². The number of rotatable bonds is 6. The maximum atomic E-state index is 12.1. The molecule has 2 heterocycles. The Morgan fingerprint density at radius 2 is 2.12 bits per heavy atom. The smallest absolute Gasteiger partial charge is 0.244 e. The average Bonchev–Trinajstić information content (AvgIpc) is 3.29. The monoisotopic (exact) mass is 375 g/mol. The molecule has 0 unspecified atom stereocenters. The number of hydrogen-bond donors (Lipinski definition) is 3. The minimum Gasteiger partial charge on any atom is -0.361 e. The average molecular weight is 376 g/mol. The molecule has 0 bridgehead atoms. The minimum atomic E-state index is 0.103. The zero-order chi connectivity index (χ0) is 18.4. The van der Waals surface area contributed by atoms with Crippen molar-refractivity contribution in [1.82, 2.24) is 20.5 Å². The van der Waals surface area contributed by atoms with E-state index in [1.165, 1.54) is 5.56 Å². The van der Waals surface area contributed by atoms with Crippen LogP contribution in [0.25, 0.3) is 10.9 Å². The first-order valence-corrected chi connectivity index (χ1v) is 9.60. The van der Waals surface area contributed by atoms with Crippen LogP contribution in [0.5, 0.6) is 0 Å². The molecule has 1 aromatic heterocycles. The van der Waals surface area contributed by atoms with E-state index in [0.717, 1.165) is 61.4 Å². The number of aromatic nitrogens is 1. The summed E-state index contributed by atoms with van der Waals surface area (Å²) in [4.78, 5) is 21.7. The van der Waals surface area contributed by atoms with E-state index in [-0.39, 0.29) is 12.5 Å². The van der Waals surface area contributed by atoms with Crippen molar-refractivity contribution in [3.8, 4) is 0 Å². The number of aliphatic imine (C=N–C) groups is 1. The molecular formula is C19H26ClN5O. The highest BCUT2D eigenvalue weighted by atomic mass is 35.5. The number of H-pyrrole nitrogens is 1. The standard InChI is InChI=1S/C19H26ClN5O/c1-2-21-19(24-13-18(26)25-9-3-4-10-25)22-8-7-14-12-23-17-6-5-15(20)11-16(14)17/h5-6,11-12,23H,2-4,7-10,13H2,1H3,(H2,21,22,24). The third-order valence-electron chi connectivity index (χ3n) is 4.59. The summed E-state index contributed by atoms with van der Waals surface area (Å²) < 4.78 is 0. The number of nitrogens with one attached hydrogen (secondary N) is 3. The van der Waals surface area contributed by atoms with Gasteiger partial charge in [0, 0.05) is 48.3 Å². The fourth-order valence-electron chi connectivity index (χ4n) is 3.23. The number of carbonyl (C=O) groups is 1. The molecule has 1 aromatic carbocycles. The van der Waals surface area contributed by atoms with Gasteiger partial charge in [-0.05, 0) is 49.9 Å². The molecule has 7 heteroatoms. The third kappa shape index (κ3) is 4.69. The van der Waals surface area contributed by atoms with Gasteiger partial charge in [-0.15, -0.1) is 0 Å². The largest absolute Gasteiger partial charge is 0.361 e. The number of halogens is 1. The van der Waals surface area contributed by atoms with Crippen LogP contribution in [-0.4, -0.2) is 54.5 Å². The molecule has 1 fully saturated rings. The van der Waals surface area contributed by atoms with Gasteiger partial charge in [-0.3, -0.25) is 4.79 Å². The Balaban J connectivity index is 1.55. The second kappa shape index (κ2) is 8.94. The number of nitrogens with zero attached hydrogens (tertiary/aromatic N) is 2. The quantitative estimate of drug-likeness (QED) is 0.536. The van der Waals surface area contributed by atoms with E-state index < -0.39 is 0 Å². The first-order chi connectivity index (χ1) is 12.7. The highest BCUT2D eigenvalue weighted by molar-refractivity contribution is 6.31. The molecular weight excluding hydrogens is 350 g/mol. The van der Waals surface area contributed by atoms with Gasteiger partial charge in [-0.2, -0.15) is 0 Å². The van der Waals surface area contributed by atoms with Crippen molar-refractivity contribution in [2.45, 2.75) is 26.2 Å². The van der Waals surface area contributed by atoms with Crippen molar-refractivity contribution < 1.29 is 4.79 Å². The number of benzene rings is 1. The van der Waals surface area contributed by atoms with Gasteiger partial charge < -0.3 is 20.5 Å². The Kier molecular flexibility index (Phi) is 6.39. The summed E-state index contributed by atoms with van der Waals surface area (Å²) in [5.74, 6) is 0.781. The maximum Gasteiger partial charge on any atom is 0.244 e. The molecule has 1 amide bonds. The Bertz CT molecular complexity index is 779. The normalized spacial score (nSPS) is 14.8. The lowest BCUT2D eigenvalue weighted by Gasteiger charge is -2.15. The van der Waals surface area contributed by atoms with Crippen LogP contribution in [0.1, 0.15) is 25.3 Å². The molecule has 3 N–H and O–H groups in total. The highest BCUT2D eigenvalue weighted by Gasteiger charge is 2.17. The maximum absolute atomic E-state index is 12.1. The molecule has 26 heavy (non-hydrogen) atoms. The van der Waals surface area contributed by atoms with Crippen LogP contribution in [0.4, 0.5) is 0 Å². The summed E-state index contributed by atoms with van der Waals surface area (Å²) in [5, 5.41) is 8.38. The molecule has 1 saturated heterocycles. The zero-order valence-corrected chi connectivity index (χ0v) is 15.9. The molecule has 0 radical (unpaired) electrons. The first kappa shape index (κ1) is 18.6. The summed E-state index contributed by atoms with van der Waals surface area (Å²) in [6.07, 6.45) is 5.05. The van der Waals surface area contributed by atoms with Gasteiger partial charge in [0.2, 0.25) is 5.91 Å². The third-order valence-corrected chi connectivity index (χ3v) is 4.83. The van der Waals surface area contributed by atoms with Gasteiger partial charge in [-0.25, -0.2) is 4.99 Å². The first-order valence-electron chi connectivity index (χ1n) is 9.23. The molecule has 2 aromatic rings. The Hall–Kier alpha value is -2.21. The fraction of sp³-hybridized carbons (Fsp3) is 0.474. The lowest BCUT2D eigenvalue weighted by atomic mass is 10.1. The van der Waals surface area contributed by atoms with Crippen LogP contribution >= 0.6 is 11.6 Å². The molecule has 1 aliphatic heterocycles. The summed E-state index contributed by atoms with van der Waals surface area (Å²) in [7, 11) is 0. The van der Waals surface area contributed by atoms with Crippen LogP contribution in [0.3, 0.4) is 0 Å². The van der Waals surface area contributed by atoms with Crippen molar-refractivity contribution >= 4 is 34.4 Å². The Morgan fingerprint density at radius 1 is 1.31 bits per heavy atom. The second-order valence-electron chi connectivity index (χ2n) is 6.46. The summed E-state index contributed by atoms with van der Waals surface area (Å²) in [6.45, 7) is 5.41. The van der Waals surface area contributed by atoms with E-state index in [0.29, 0.717) is 5.96 Å². The minimum absolute atomic E-state index is 0.103. The number of guanidine groups is 1. The predicted octanol–water partition coefficient (Wildman–Crippen LogP) is 2.54. The molecule has 1 aliphatic rings. The van der Waals surface area contributed by atoms with Crippen LogP contribution in [0, 0.1) is 0 Å². The summed E-state index contributed by atoms with van der Waals surface area (Å²) >= 11 is 6.10. The van der Waals surface area contributed by atoms with Gasteiger partial charge in [0.05, 0.1) is 0 Å². The number of aromatic amines is 1. The molecule has 3 rings (SSSR count). The van der Waals surface area contributed by atoms with Gasteiger partial charge in [0.1, 0.15) is 6.54 Å². The van der Waals surface area contributed by atoms with Crippen molar-refractivity contribution in [1.29, 1.82) is 0 Å². The van der Waals surface area contributed by atoms with Gasteiger partial charge >= 0.3 is 0 Å². The van der Waals surface area contributed by atoms with E-state index in [1.807, 2.05) is 36.2 Å². The van der Waals surface area contributed by atoms with Crippen molar-refractivity contribution in [2.75, 3.05) is 32.7 Å². The van der Waals surface area contributed by atoms with Crippen molar-refractivity contribution in [3.05, 3.63) is 35.0 Å². The number of likely N-dealkylation sites (tertiary alicyclic amines) is 1. The number of hydrogen-bond acceptors (Lipinski definition) is 2. The molecule has 0 atom stereocenters. The lowest BCUT2D eigenvalue weighted by Crippen LogP contribution is -2.39. The van der Waals surface area contributed by atoms with E-state index in [4.69, 9.17) is 11.6 Å². The van der Waals surface area contributed by atoms with E-state index >= 15 is 0 Å². The molecule has 0 saturated carbocycles. The number of fused-ring (bicyclic) bond motifs is 1. The summed E-state index contributed by atoms with van der Waals surface area (Å²) in [6, 6.07) is 5.86. The van der Waals surface area contributed by atoms with Gasteiger partial charge in [0.15, 0.2) is 5.96 Å². The Morgan fingerprint density at radius 3 is 2.88 bits per heavy atom. The van der Waals surface area contributed by atoms with Gasteiger partial charge in [-0.1, -0.05) is 11.6 Å². The topological polar surface area (TPSA) is 72.5 Å². The van der Waals surface area contributed by atoms with Crippen LogP contribution < -0.4 is 10.6 Å². The number of amides is 1. The zero-order valence-electron chi connectivity index (χ0n) is 15.1. The van der Waals surface area contributed by atoms with E-state index in [1.54, 1.807) is 0 Å². The van der Waals surface area contributed by atoms with Crippen molar-refractivity contribution in [3.63, 3.8) is 0 Å². The summed E-state index contributed by atoms with van der Waals surface area (Å²) in [5.41, 5.74) is 2.29. The number of carbonyl (C=O) groups excluding carboxylic acids is 1.